The lowest BCUT2D eigenvalue weighted by Crippen LogP contribution is -2.64. The molecule has 13 heteroatoms. The van der Waals surface area contributed by atoms with E-state index in [4.69, 9.17) is 35.1 Å². The second kappa shape index (κ2) is 10.2. The van der Waals surface area contributed by atoms with E-state index in [2.05, 4.69) is 0 Å². The van der Waals surface area contributed by atoms with Crippen LogP contribution < -0.4 is 0 Å². The molecule has 0 aliphatic carbocycles. The van der Waals surface area contributed by atoms with E-state index in [-0.39, 0.29) is 13.2 Å². The van der Waals surface area contributed by atoms with Gasteiger partial charge in [-0.05, 0) is 0 Å². The Morgan fingerprint density at radius 2 is 1.66 bits per heavy atom. The standard InChI is InChI=1S/C19H23IO11S/c20-31-32-30-16-13(23)15(10-7-25-19(16)27-10)29-18-12(22)11(21)14-9(26-18)6-24-17(28-14)8-4-2-1-3-5-8/h1-5,9-19,21-23H,6-7H2/t9-,10?,11?,12?,13?,14?,15?,16?,17?,18?,19?/m0/s1. The molecular formula is C19H23IO11S. The van der Waals surface area contributed by atoms with Gasteiger partial charge in [-0.1, -0.05) is 30.3 Å². The molecule has 1 aromatic carbocycles. The first-order chi connectivity index (χ1) is 15.6. The minimum absolute atomic E-state index is 0.127. The zero-order valence-electron chi connectivity index (χ0n) is 16.5. The third-order valence-corrected chi connectivity index (χ3v) is 6.71. The van der Waals surface area contributed by atoms with Crippen molar-refractivity contribution in [2.24, 2.45) is 0 Å². The summed E-state index contributed by atoms with van der Waals surface area (Å²) >= 11 is 2.31. The summed E-state index contributed by atoms with van der Waals surface area (Å²) in [6.45, 7) is 0.298. The van der Waals surface area contributed by atoms with Gasteiger partial charge in [0.1, 0.15) is 65.7 Å². The zero-order chi connectivity index (χ0) is 22.2. The molecule has 4 aliphatic rings. The van der Waals surface area contributed by atoms with E-state index in [0.717, 1.165) is 5.56 Å². The number of aliphatic hydroxyl groups excluding tert-OH is 3. The SMILES string of the molecule is OC1C(OC2C3COC(O3)C(OSOI)C2O)O[C@H]2COC(c3ccccc3)OC2C1O. The number of ether oxygens (including phenoxy) is 6. The third kappa shape index (κ3) is 4.56. The van der Waals surface area contributed by atoms with Crippen LogP contribution in [-0.4, -0.2) is 89.9 Å². The van der Waals surface area contributed by atoms with Gasteiger partial charge in [0, 0.05) is 5.56 Å². The molecule has 4 saturated heterocycles. The van der Waals surface area contributed by atoms with Gasteiger partial charge < -0.3 is 43.7 Å². The molecule has 10 unspecified atom stereocenters. The van der Waals surface area contributed by atoms with Gasteiger partial charge in [0.15, 0.2) is 37.3 Å². The fourth-order valence-electron chi connectivity index (χ4n) is 4.31. The second-order valence-corrected chi connectivity index (χ2v) is 9.39. The van der Waals surface area contributed by atoms with Crippen LogP contribution in [-0.2, 0) is 35.1 Å². The number of hydrogen-bond donors (Lipinski definition) is 3. The van der Waals surface area contributed by atoms with Gasteiger partial charge in [-0.2, -0.15) is 0 Å². The Morgan fingerprint density at radius 1 is 0.875 bits per heavy atom. The summed E-state index contributed by atoms with van der Waals surface area (Å²) < 4.78 is 44.8. The number of halogens is 1. The quantitative estimate of drug-likeness (QED) is 0.314. The van der Waals surface area contributed by atoms with Crippen LogP contribution in [0.15, 0.2) is 30.3 Å². The first kappa shape index (κ1) is 23.6. The highest BCUT2D eigenvalue weighted by Crippen LogP contribution is 2.38. The van der Waals surface area contributed by atoms with Gasteiger partial charge in [-0.15, -0.1) is 0 Å². The Morgan fingerprint density at radius 3 is 2.44 bits per heavy atom. The van der Waals surface area contributed by atoms with E-state index in [1.807, 2.05) is 30.3 Å². The maximum Gasteiger partial charge on any atom is 0.188 e. The predicted molar refractivity (Wildman–Crippen MR) is 114 cm³/mol. The van der Waals surface area contributed by atoms with Gasteiger partial charge in [-0.25, -0.2) is 2.51 Å². The van der Waals surface area contributed by atoms with Crippen molar-refractivity contribution in [2.45, 2.75) is 67.7 Å². The molecule has 0 spiro atoms. The topological polar surface area (TPSA) is 135 Å². The monoisotopic (exact) mass is 586 g/mol. The van der Waals surface area contributed by atoms with E-state index in [9.17, 15) is 15.3 Å². The van der Waals surface area contributed by atoms with Crippen LogP contribution in [0.5, 0.6) is 0 Å². The summed E-state index contributed by atoms with van der Waals surface area (Å²) in [5.74, 6) is 0. The van der Waals surface area contributed by atoms with Gasteiger partial charge in [0.05, 0.1) is 13.2 Å². The summed E-state index contributed by atoms with van der Waals surface area (Å²) in [5.41, 5.74) is 0.795. The molecule has 32 heavy (non-hydrogen) atoms. The smallest absolute Gasteiger partial charge is 0.188 e. The lowest BCUT2D eigenvalue weighted by atomic mass is 9.97. The molecule has 3 N–H and O–H groups in total. The molecule has 0 saturated carbocycles. The van der Waals surface area contributed by atoms with E-state index in [1.54, 1.807) is 23.0 Å². The van der Waals surface area contributed by atoms with E-state index in [1.165, 1.54) is 0 Å². The van der Waals surface area contributed by atoms with Crippen molar-refractivity contribution >= 4 is 35.3 Å². The molecule has 4 fully saturated rings. The summed E-state index contributed by atoms with van der Waals surface area (Å²) in [6, 6.07) is 9.30. The molecular weight excluding hydrogens is 563 g/mol. The Kier molecular flexibility index (Phi) is 7.54. The molecule has 0 radical (unpaired) electrons. The summed E-state index contributed by atoms with van der Waals surface area (Å²) in [6.07, 6.45) is -10.5. The van der Waals surface area contributed by atoms with Crippen LogP contribution in [0.25, 0.3) is 0 Å². The van der Waals surface area contributed by atoms with Gasteiger partial charge in [0.2, 0.25) is 0 Å². The van der Waals surface area contributed by atoms with Crippen LogP contribution in [0.3, 0.4) is 0 Å². The van der Waals surface area contributed by atoms with Crippen LogP contribution >= 0.6 is 35.3 Å². The number of hydrogen-bond acceptors (Lipinski definition) is 12. The molecule has 4 heterocycles. The summed E-state index contributed by atoms with van der Waals surface area (Å²) in [4.78, 5) is 0. The van der Waals surface area contributed by atoms with Crippen LogP contribution in [0.2, 0.25) is 0 Å². The molecule has 178 valence electrons. The molecule has 2 bridgehead atoms. The van der Waals surface area contributed by atoms with Crippen molar-refractivity contribution < 1.29 is 50.4 Å². The Labute approximate surface area is 202 Å². The van der Waals surface area contributed by atoms with Gasteiger partial charge in [-0.3, -0.25) is 4.18 Å². The van der Waals surface area contributed by atoms with Crippen molar-refractivity contribution in [3.8, 4) is 0 Å². The number of aliphatic hydroxyl groups is 3. The Balaban J connectivity index is 1.25. The minimum Gasteiger partial charge on any atom is -0.387 e. The van der Waals surface area contributed by atoms with Crippen molar-refractivity contribution in [3.05, 3.63) is 35.9 Å². The first-order valence-electron chi connectivity index (χ1n) is 10.1. The number of fused-ring (bicyclic) bond motifs is 3. The average Bonchev–Trinajstić information content (AvgIpc) is 3.26. The molecule has 11 atom stereocenters. The minimum atomic E-state index is -1.43. The Bertz CT molecular complexity index is 760. The van der Waals surface area contributed by atoms with E-state index >= 15 is 0 Å². The zero-order valence-corrected chi connectivity index (χ0v) is 19.5. The maximum absolute atomic E-state index is 10.8. The number of benzene rings is 1. The Hall–Kier alpha value is -0.140. The van der Waals surface area contributed by atoms with Crippen LogP contribution in [0.1, 0.15) is 11.9 Å². The highest BCUT2D eigenvalue weighted by molar-refractivity contribution is 14.1. The second-order valence-electron chi connectivity index (χ2n) is 7.86. The third-order valence-electron chi connectivity index (χ3n) is 5.91. The molecule has 1 aromatic rings. The summed E-state index contributed by atoms with van der Waals surface area (Å²) in [7, 11) is 0. The van der Waals surface area contributed by atoms with Gasteiger partial charge in [0.25, 0.3) is 0 Å². The van der Waals surface area contributed by atoms with Crippen molar-refractivity contribution in [3.63, 3.8) is 0 Å². The predicted octanol–water partition coefficient (Wildman–Crippen LogP) is 0.363. The largest absolute Gasteiger partial charge is 0.387 e. The molecule has 0 aromatic heterocycles. The molecule has 4 aliphatic heterocycles. The van der Waals surface area contributed by atoms with Crippen molar-refractivity contribution in [2.75, 3.05) is 13.2 Å². The average molecular weight is 586 g/mol. The van der Waals surface area contributed by atoms with E-state index < -0.39 is 67.7 Å². The fraction of sp³-hybridized carbons (Fsp3) is 0.684. The summed E-state index contributed by atoms with van der Waals surface area (Å²) in [5, 5.41) is 32.2. The highest BCUT2D eigenvalue weighted by atomic mass is 127. The molecule has 5 rings (SSSR count). The van der Waals surface area contributed by atoms with Gasteiger partial charge >= 0.3 is 0 Å². The van der Waals surface area contributed by atoms with Crippen LogP contribution in [0.4, 0.5) is 0 Å². The fourth-order valence-corrected chi connectivity index (χ4v) is 4.89. The lowest BCUT2D eigenvalue weighted by Gasteiger charge is -2.47. The maximum atomic E-state index is 10.8. The first-order valence-corrected chi connectivity index (χ1v) is 11.7. The normalized spacial score (nSPS) is 46.1. The van der Waals surface area contributed by atoms with Crippen LogP contribution in [0, 0.1) is 0 Å². The lowest BCUT2D eigenvalue weighted by molar-refractivity contribution is -0.376. The molecule has 0 amide bonds. The number of rotatable bonds is 6. The van der Waals surface area contributed by atoms with Crippen molar-refractivity contribution in [1.29, 1.82) is 0 Å². The van der Waals surface area contributed by atoms with E-state index in [0.29, 0.717) is 12.3 Å². The highest BCUT2D eigenvalue weighted by Gasteiger charge is 2.55. The molecule has 11 nitrogen and oxygen atoms in total. The van der Waals surface area contributed by atoms with Crippen molar-refractivity contribution in [1.82, 2.24) is 0 Å².